The topological polar surface area (TPSA) is 17.8 Å². The predicted molar refractivity (Wildman–Crippen MR) is 88.2 cm³/mol. The number of imidazole rings is 1. The molecule has 1 aliphatic carbocycles. The smallest absolute Gasteiger partial charge is 0.124 e. The summed E-state index contributed by atoms with van der Waals surface area (Å²) < 4.78 is 3.41. The monoisotopic (exact) mass is 354 g/mol. The van der Waals surface area contributed by atoms with Crippen LogP contribution in [0, 0.1) is 5.92 Å². The van der Waals surface area contributed by atoms with Crippen LogP contribution in [0.15, 0.2) is 22.7 Å². The number of halogens is 2. The molecule has 0 atom stereocenters. The minimum atomic E-state index is 0.483. The van der Waals surface area contributed by atoms with Gasteiger partial charge in [-0.2, -0.15) is 0 Å². The van der Waals surface area contributed by atoms with Crippen LogP contribution in [-0.2, 0) is 12.4 Å². The van der Waals surface area contributed by atoms with E-state index in [0.29, 0.717) is 5.88 Å². The highest BCUT2D eigenvalue weighted by Crippen LogP contribution is 2.28. The average molecular weight is 356 g/mol. The molecule has 0 amide bonds. The third-order valence-corrected chi connectivity index (χ3v) is 5.13. The van der Waals surface area contributed by atoms with Gasteiger partial charge in [0.25, 0.3) is 0 Å². The van der Waals surface area contributed by atoms with Crippen LogP contribution in [-0.4, -0.2) is 9.55 Å². The predicted octanol–water partition coefficient (Wildman–Crippen LogP) is 5.51. The zero-order chi connectivity index (χ0) is 13.9. The average Bonchev–Trinajstić information content (AvgIpc) is 2.83. The maximum absolute atomic E-state index is 6.07. The summed E-state index contributed by atoms with van der Waals surface area (Å²) in [5.41, 5.74) is 2.25. The van der Waals surface area contributed by atoms with Crippen LogP contribution < -0.4 is 0 Å². The fourth-order valence-corrected chi connectivity index (χ4v) is 3.84. The van der Waals surface area contributed by atoms with Gasteiger partial charge in [0.1, 0.15) is 5.82 Å². The molecule has 1 fully saturated rings. The zero-order valence-electron chi connectivity index (χ0n) is 11.6. The van der Waals surface area contributed by atoms with Crippen LogP contribution in [0.4, 0.5) is 0 Å². The molecule has 0 bridgehead atoms. The highest BCUT2D eigenvalue weighted by molar-refractivity contribution is 9.10. The zero-order valence-corrected chi connectivity index (χ0v) is 14.0. The van der Waals surface area contributed by atoms with Crippen LogP contribution in [0.2, 0.25) is 0 Å². The molecule has 4 heteroatoms. The molecule has 1 aromatic heterocycles. The molecule has 0 unspecified atom stereocenters. The van der Waals surface area contributed by atoms with Crippen molar-refractivity contribution in [2.45, 2.75) is 50.9 Å². The Balaban J connectivity index is 1.83. The van der Waals surface area contributed by atoms with Gasteiger partial charge in [-0.15, -0.1) is 11.6 Å². The fourth-order valence-electron chi connectivity index (χ4n) is 3.28. The molecule has 0 radical (unpaired) electrons. The minimum absolute atomic E-state index is 0.483. The molecule has 20 heavy (non-hydrogen) atoms. The van der Waals surface area contributed by atoms with Gasteiger partial charge in [-0.1, -0.05) is 48.0 Å². The van der Waals surface area contributed by atoms with E-state index in [9.17, 15) is 0 Å². The van der Waals surface area contributed by atoms with E-state index >= 15 is 0 Å². The molecule has 0 N–H and O–H groups in total. The van der Waals surface area contributed by atoms with E-state index < -0.39 is 0 Å². The second-order valence-corrected chi connectivity index (χ2v) is 6.92. The first-order valence-corrected chi connectivity index (χ1v) is 8.81. The summed E-state index contributed by atoms with van der Waals surface area (Å²) in [5.74, 6) is 2.36. The lowest BCUT2D eigenvalue weighted by Gasteiger charge is -2.22. The molecule has 0 saturated heterocycles. The molecule has 1 saturated carbocycles. The quantitative estimate of drug-likeness (QED) is 0.661. The Hall–Kier alpha value is -0.540. The third-order valence-electron chi connectivity index (χ3n) is 4.39. The van der Waals surface area contributed by atoms with E-state index in [2.05, 4.69) is 37.6 Å². The minimum Gasteiger partial charge on any atom is -0.327 e. The van der Waals surface area contributed by atoms with Crippen molar-refractivity contribution in [3.63, 3.8) is 0 Å². The van der Waals surface area contributed by atoms with E-state index in [4.69, 9.17) is 11.6 Å². The molecule has 1 heterocycles. The summed E-state index contributed by atoms with van der Waals surface area (Å²) in [6, 6.07) is 6.25. The maximum atomic E-state index is 6.07. The number of hydrogen-bond donors (Lipinski definition) is 0. The number of fused-ring (bicyclic) bond motifs is 1. The van der Waals surface area contributed by atoms with Crippen molar-refractivity contribution < 1.29 is 0 Å². The lowest BCUT2D eigenvalue weighted by atomic mass is 9.87. The molecule has 108 valence electrons. The molecule has 3 rings (SSSR count). The Morgan fingerprint density at radius 3 is 2.80 bits per heavy atom. The van der Waals surface area contributed by atoms with Gasteiger partial charge in [0.2, 0.25) is 0 Å². The van der Waals surface area contributed by atoms with E-state index in [1.165, 1.54) is 44.0 Å². The molecule has 0 aliphatic heterocycles. The van der Waals surface area contributed by atoms with Gasteiger partial charge < -0.3 is 4.57 Å². The highest BCUT2D eigenvalue weighted by atomic mass is 79.9. The van der Waals surface area contributed by atoms with Crippen molar-refractivity contribution in [3.05, 3.63) is 28.5 Å². The van der Waals surface area contributed by atoms with Gasteiger partial charge >= 0.3 is 0 Å². The van der Waals surface area contributed by atoms with Crippen LogP contribution in [0.3, 0.4) is 0 Å². The van der Waals surface area contributed by atoms with E-state index in [0.717, 1.165) is 28.3 Å². The number of rotatable bonds is 4. The van der Waals surface area contributed by atoms with Gasteiger partial charge in [0.05, 0.1) is 16.9 Å². The molecule has 2 aromatic rings. The van der Waals surface area contributed by atoms with Crippen LogP contribution in [0.1, 0.15) is 44.3 Å². The third kappa shape index (κ3) is 3.04. The van der Waals surface area contributed by atoms with Gasteiger partial charge in [-0.05, 0) is 30.5 Å². The second kappa shape index (κ2) is 6.48. The summed E-state index contributed by atoms with van der Waals surface area (Å²) in [6.07, 6.45) is 8.28. The van der Waals surface area contributed by atoms with E-state index in [1.54, 1.807) is 0 Å². The summed E-state index contributed by atoms with van der Waals surface area (Å²) in [6.45, 7) is 1.04. The number of benzene rings is 1. The largest absolute Gasteiger partial charge is 0.327 e. The number of aromatic nitrogens is 2. The molecule has 1 aliphatic rings. The first kappa shape index (κ1) is 14.4. The lowest BCUT2D eigenvalue weighted by molar-refractivity contribution is 0.324. The molecule has 0 spiro atoms. The van der Waals surface area contributed by atoms with E-state index in [1.807, 2.05) is 6.07 Å². The van der Waals surface area contributed by atoms with Crippen LogP contribution in [0.5, 0.6) is 0 Å². The van der Waals surface area contributed by atoms with Gasteiger partial charge in [-0.3, -0.25) is 0 Å². The lowest BCUT2D eigenvalue weighted by Crippen LogP contribution is -2.11. The van der Waals surface area contributed by atoms with Crippen molar-refractivity contribution in [1.29, 1.82) is 0 Å². The second-order valence-electron chi connectivity index (χ2n) is 5.74. The van der Waals surface area contributed by atoms with Crippen molar-refractivity contribution in [2.24, 2.45) is 5.92 Å². The number of nitrogens with zero attached hydrogens (tertiary/aromatic N) is 2. The van der Waals surface area contributed by atoms with Crippen LogP contribution in [0.25, 0.3) is 11.0 Å². The highest BCUT2D eigenvalue weighted by Gasteiger charge is 2.15. The summed E-state index contributed by atoms with van der Waals surface area (Å²) in [7, 11) is 0. The number of aryl methyl sites for hydroxylation is 1. The van der Waals surface area contributed by atoms with E-state index in [-0.39, 0.29) is 0 Å². The molecule has 1 aromatic carbocycles. The summed E-state index contributed by atoms with van der Waals surface area (Å²) in [5, 5.41) is 0. The summed E-state index contributed by atoms with van der Waals surface area (Å²) in [4.78, 5) is 4.65. The Labute approximate surface area is 133 Å². The standard InChI is InChI=1S/C16H20BrClN2/c17-13-6-7-14-15(10-13)20(16(11-18)19-14)9-8-12-4-2-1-3-5-12/h6-7,10,12H,1-5,8-9,11H2. The SMILES string of the molecule is ClCc1nc2ccc(Br)cc2n1CCC1CCCCC1. The van der Waals surface area contributed by atoms with Crippen molar-refractivity contribution in [2.75, 3.05) is 0 Å². The number of hydrogen-bond acceptors (Lipinski definition) is 1. The van der Waals surface area contributed by atoms with Crippen LogP contribution >= 0.6 is 27.5 Å². The Morgan fingerprint density at radius 1 is 1.25 bits per heavy atom. The Kier molecular flexibility index (Phi) is 4.67. The van der Waals surface area contributed by atoms with Crippen molar-refractivity contribution in [3.8, 4) is 0 Å². The Morgan fingerprint density at radius 2 is 2.05 bits per heavy atom. The first-order chi connectivity index (χ1) is 9.78. The normalized spacial score (nSPS) is 16.9. The van der Waals surface area contributed by atoms with Gasteiger partial charge in [-0.25, -0.2) is 4.98 Å². The van der Waals surface area contributed by atoms with Gasteiger partial charge in [0.15, 0.2) is 0 Å². The fraction of sp³-hybridized carbons (Fsp3) is 0.562. The number of alkyl halides is 1. The molecule has 2 nitrogen and oxygen atoms in total. The first-order valence-electron chi connectivity index (χ1n) is 7.48. The van der Waals surface area contributed by atoms with Crippen molar-refractivity contribution >= 4 is 38.6 Å². The molecular weight excluding hydrogens is 336 g/mol. The Bertz CT molecular complexity index is 587. The summed E-state index contributed by atoms with van der Waals surface area (Å²) >= 11 is 9.62. The van der Waals surface area contributed by atoms with Gasteiger partial charge in [0, 0.05) is 11.0 Å². The maximum Gasteiger partial charge on any atom is 0.124 e. The van der Waals surface area contributed by atoms with Crippen molar-refractivity contribution in [1.82, 2.24) is 9.55 Å². The molecular formula is C16H20BrClN2.